The van der Waals surface area contributed by atoms with Gasteiger partial charge in [-0.05, 0) is 30.3 Å². The van der Waals surface area contributed by atoms with E-state index in [1.165, 1.54) is 36.4 Å². The molecule has 11 heteroatoms. The maximum atomic E-state index is 12.8. The molecule has 0 saturated carbocycles. The average molecular weight is 391 g/mol. The highest BCUT2D eigenvalue weighted by Crippen LogP contribution is 2.30. The molecular weight excluding hydrogens is 380 g/mol. The number of azo groups is 1. The minimum atomic E-state index is -4.13. The number of alkyl halides is 4. The molecule has 0 heterocycles. The molecule has 0 aromatic heterocycles. The Morgan fingerprint density at radius 2 is 1.81 bits per heavy atom. The van der Waals surface area contributed by atoms with Gasteiger partial charge in [0.2, 0.25) is 0 Å². The van der Waals surface area contributed by atoms with Crippen LogP contribution >= 0.6 is 11.6 Å². The van der Waals surface area contributed by atoms with Gasteiger partial charge in [0.25, 0.3) is 5.69 Å². The quantitative estimate of drug-likeness (QED) is 0.273. The van der Waals surface area contributed by atoms with Crippen LogP contribution in [0.3, 0.4) is 0 Å². The van der Waals surface area contributed by atoms with Crippen LogP contribution in [-0.2, 0) is 0 Å². The van der Waals surface area contributed by atoms with Gasteiger partial charge in [0, 0.05) is 17.8 Å². The molecule has 1 N–H and O–H groups in total. The van der Waals surface area contributed by atoms with Crippen molar-refractivity contribution in [1.82, 2.24) is 0 Å². The Morgan fingerprint density at radius 3 is 2.35 bits per heavy atom. The van der Waals surface area contributed by atoms with Crippen LogP contribution in [0, 0.1) is 10.1 Å². The van der Waals surface area contributed by atoms with E-state index in [1.807, 2.05) is 0 Å². The van der Waals surface area contributed by atoms with Crippen molar-refractivity contribution in [2.75, 3.05) is 11.9 Å². The van der Waals surface area contributed by atoms with Gasteiger partial charge in [0.05, 0.1) is 22.2 Å². The van der Waals surface area contributed by atoms with Gasteiger partial charge in [-0.3, -0.25) is 10.1 Å². The van der Waals surface area contributed by atoms with E-state index in [1.54, 1.807) is 0 Å². The van der Waals surface area contributed by atoms with Crippen molar-refractivity contribution < 1.29 is 22.5 Å². The Bertz CT molecular complexity index is 816. The van der Waals surface area contributed by atoms with E-state index in [9.17, 15) is 27.7 Å². The topological polar surface area (TPSA) is 79.9 Å². The van der Waals surface area contributed by atoms with Crippen molar-refractivity contribution in [2.24, 2.45) is 10.2 Å². The smallest absolute Gasteiger partial charge is 0.324 e. The summed E-state index contributed by atoms with van der Waals surface area (Å²) in [5, 5.41) is 20.6. The fourth-order valence-corrected chi connectivity index (χ4v) is 1.96. The van der Waals surface area contributed by atoms with Gasteiger partial charge in [-0.2, -0.15) is 13.9 Å². The molecule has 2 aromatic carbocycles. The average Bonchev–Trinajstić information content (AvgIpc) is 2.59. The van der Waals surface area contributed by atoms with E-state index < -0.39 is 23.8 Å². The molecule has 0 saturated heterocycles. The fourth-order valence-electron chi connectivity index (χ4n) is 1.75. The molecule has 26 heavy (non-hydrogen) atoms. The Morgan fingerprint density at radius 1 is 1.15 bits per heavy atom. The van der Waals surface area contributed by atoms with E-state index in [4.69, 9.17) is 11.6 Å². The monoisotopic (exact) mass is 390 g/mol. The lowest BCUT2D eigenvalue weighted by atomic mass is 10.2. The molecule has 0 amide bonds. The van der Waals surface area contributed by atoms with Crippen molar-refractivity contribution >= 4 is 34.4 Å². The molecule has 2 aromatic rings. The van der Waals surface area contributed by atoms with E-state index >= 15 is 0 Å². The minimum Gasteiger partial charge on any atom is -0.379 e. The summed E-state index contributed by atoms with van der Waals surface area (Å²) in [5.41, 5.74) is 0.559. The van der Waals surface area contributed by atoms with Crippen molar-refractivity contribution in [3.63, 3.8) is 0 Å². The summed E-state index contributed by atoms with van der Waals surface area (Å²) in [6.07, 6.45) is -3.76. The number of nitro benzene ring substituents is 1. The molecule has 0 unspecified atom stereocenters. The number of hydrogen-bond acceptors (Lipinski definition) is 5. The third-order valence-electron chi connectivity index (χ3n) is 3.13. The number of rotatable bonds is 7. The van der Waals surface area contributed by atoms with Crippen LogP contribution in [0.25, 0.3) is 0 Å². The highest BCUT2D eigenvalue weighted by Gasteiger charge is 2.40. The van der Waals surface area contributed by atoms with Gasteiger partial charge in [-0.15, -0.1) is 5.11 Å². The van der Waals surface area contributed by atoms with Crippen LogP contribution in [0.4, 0.5) is 40.3 Å². The number of non-ortho nitro benzene ring substituents is 1. The molecule has 0 aliphatic carbocycles. The molecule has 0 aliphatic heterocycles. The second-order valence-electron chi connectivity index (χ2n) is 5.05. The number of nitrogens with one attached hydrogen (secondary N) is 1. The van der Waals surface area contributed by atoms with Crippen LogP contribution in [-0.4, -0.2) is 23.8 Å². The van der Waals surface area contributed by atoms with Crippen molar-refractivity contribution in [2.45, 2.75) is 12.3 Å². The predicted octanol–water partition coefficient (Wildman–Crippen LogP) is 5.98. The standard InChI is InChI=1S/C15H11ClF4N4O2/c16-12-7-11(24(25)26)5-6-13(12)23-22-10-3-1-9(2-4-10)21-8-15(19,20)14(17)18/h1-7,14,21H,8H2. The number of benzene rings is 2. The summed E-state index contributed by atoms with van der Waals surface area (Å²) >= 11 is 5.87. The number of halogens is 5. The van der Waals surface area contributed by atoms with E-state index in [0.717, 1.165) is 6.07 Å². The molecule has 2 rings (SSSR count). The second kappa shape index (κ2) is 8.09. The number of anilines is 1. The lowest BCUT2D eigenvalue weighted by molar-refractivity contribution is -0.384. The summed E-state index contributed by atoms with van der Waals surface area (Å²) in [4.78, 5) is 10.0. The molecule has 0 atom stereocenters. The van der Waals surface area contributed by atoms with Gasteiger partial charge in [-0.1, -0.05) is 11.6 Å². The molecule has 0 spiro atoms. The molecule has 0 radical (unpaired) electrons. The second-order valence-corrected chi connectivity index (χ2v) is 5.46. The first-order chi connectivity index (χ1) is 12.2. The van der Waals surface area contributed by atoms with Gasteiger partial charge in [-0.25, -0.2) is 8.78 Å². The summed E-state index contributed by atoms with van der Waals surface area (Å²) in [7, 11) is 0. The maximum absolute atomic E-state index is 12.8. The normalized spacial score (nSPS) is 11.9. The first-order valence-electron chi connectivity index (χ1n) is 7.04. The minimum absolute atomic E-state index is 0.0375. The van der Waals surface area contributed by atoms with Crippen LogP contribution in [0.2, 0.25) is 5.02 Å². The fraction of sp³-hybridized carbons (Fsp3) is 0.200. The number of hydrogen-bond donors (Lipinski definition) is 1. The first kappa shape index (κ1) is 19.6. The summed E-state index contributed by atoms with van der Waals surface area (Å²) in [5.74, 6) is -4.13. The number of nitrogens with zero attached hydrogens (tertiary/aromatic N) is 3. The Kier molecular flexibility index (Phi) is 6.09. The van der Waals surface area contributed by atoms with Crippen molar-refractivity contribution in [3.8, 4) is 0 Å². The zero-order chi connectivity index (χ0) is 19.3. The van der Waals surface area contributed by atoms with E-state index in [-0.39, 0.29) is 22.1 Å². The van der Waals surface area contributed by atoms with E-state index in [2.05, 4.69) is 15.5 Å². The maximum Gasteiger partial charge on any atom is 0.324 e. The Balaban J connectivity index is 2.03. The SMILES string of the molecule is O=[N+]([O-])c1ccc(N=Nc2ccc(NCC(F)(F)C(F)F)cc2)c(Cl)c1. The predicted molar refractivity (Wildman–Crippen MR) is 88.2 cm³/mol. The molecule has 0 bridgehead atoms. The van der Waals surface area contributed by atoms with Gasteiger partial charge >= 0.3 is 12.3 Å². The third kappa shape index (κ3) is 5.12. The highest BCUT2D eigenvalue weighted by molar-refractivity contribution is 6.33. The summed E-state index contributed by atoms with van der Waals surface area (Å²) < 4.78 is 49.8. The van der Waals surface area contributed by atoms with Crippen LogP contribution in [0.15, 0.2) is 52.7 Å². The van der Waals surface area contributed by atoms with Crippen LogP contribution < -0.4 is 5.32 Å². The van der Waals surface area contributed by atoms with Gasteiger partial charge in [0.15, 0.2) is 0 Å². The summed E-state index contributed by atoms with van der Waals surface area (Å²) in [6, 6.07) is 9.26. The largest absolute Gasteiger partial charge is 0.379 e. The highest BCUT2D eigenvalue weighted by atomic mass is 35.5. The lowest BCUT2D eigenvalue weighted by Gasteiger charge is -2.16. The molecule has 0 fully saturated rings. The Hall–Kier alpha value is -2.75. The van der Waals surface area contributed by atoms with Gasteiger partial charge < -0.3 is 5.32 Å². The van der Waals surface area contributed by atoms with E-state index in [0.29, 0.717) is 5.69 Å². The summed E-state index contributed by atoms with van der Waals surface area (Å²) in [6.45, 7) is -1.20. The van der Waals surface area contributed by atoms with Crippen LogP contribution in [0.5, 0.6) is 0 Å². The van der Waals surface area contributed by atoms with Crippen molar-refractivity contribution in [1.29, 1.82) is 0 Å². The molecule has 0 aliphatic rings. The molecule has 6 nitrogen and oxygen atoms in total. The third-order valence-corrected chi connectivity index (χ3v) is 3.43. The zero-order valence-electron chi connectivity index (χ0n) is 12.9. The molecular formula is C15H11ClF4N4O2. The van der Waals surface area contributed by atoms with Gasteiger partial charge in [0.1, 0.15) is 5.69 Å². The Labute approximate surface area is 149 Å². The van der Waals surface area contributed by atoms with Crippen molar-refractivity contribution in [3.05, 3.63) is 57.6 Å². The van der Waals surface area contributed by atoms with Crippen LogP contribution in [0.1, 0.15) is 0 Å². The lowest BCUT2D eigenvalue weighted by Crippen LogP contribution is -2.34. The zero-order valence-corrected chi connectivity index (χ0v) is 13.6. The number of nitro groups is 1. The first-order valence-corrected chi connectivity index (χ1v) is 7.42. The molecule has 138 valence electrons.